The van der Waals surface area contributed by atoms with Crippen molar-refractivity contribution in [1.29, 1.82) is 0 Å². The first-order valence-corrected chi connectivity index (χ1v) is 4.98. The minimum atomic E-state index is -0.506. The van der Waals surface area contributed by atoms with Crippen molar-refractivity contribution in [2.75, 3.05) is 27.4 Å². The second-order valence-electron chi connectivity index (χ2n) is 4.14. The van der Waals surface area contributed by atoms with Gasteiger partial charge in [-0.2, -0.15) is 0 Å². The molecule has 4 heteroatoms. The van der Waals surface area contributed by atoms with Crippen LogP contribution in [0.2, 0.25) is 0 Å². The summed E-state index contributed by atoms with van der Waals surface area (Å²) in [5, 5.41) is 18.4. The predicted octanol–water partition coefficient (Wildman–Crippen LogP) is 0.520. The molecule has 0 aromatic rings. The third-order valence-electron chi connectivity index (χ3n) is 3.49. The molecular weight excluding hydrogens is 184 g/mol. The zero-order chi connectivity index (χ0) is 10.7. The number of aliphatic hydroxyl groups excluding tert-OH is 2. The Hall–Kier alpha value is -0.160. The Bertz CT molecular complexity index is 141. The van der Waals surface area contributed by atoms with Crippen molar-refractivity contribution in [2.24, 2.45) is 5.41 Å². The lowest BCUT2D eigenvalue weighted by atomic mass is 9.73. The average molecular weight is 204 g/mol. The SMILES string of the molecule is COC1(OC)CCC(CO)(CO)CC1. The third kappa shape index (κ3) is 2.08. The topological polar surface area (TPSA) is 58.9 Å². The minimum Gasteiger partial charge on any atom is -0.396 e. The van der Waals surface area contributed by atoms with Gasteiger partial charge in [-0.05, 0) is 12.8 Å². The summed E-state index contributed by atoms with van der Waals surface area (Å²) in [6.45, 7) is 0.0695. The van der Waals surface area contributed by atoms with Gasteiger partial charge in [-0.1, -0.05) is 0 Å². The molecule has 4 nitrogen and oxygen atoms in total. The Morgan fingerprint density at radius 3 is 1.64 bits per heavy atom. The smallest absolute Gasteiger partial charge is 0.167 e. The predicted molar refractivity (Wildman–Crippen MR) is 51.8 cm³/mol. The molecule has 0 unspecified atom stereocenters. The van der Waals surface area contributed by atoms with E-state index >= 15 is 0 Å². The van der Waals surface area contributed by atoms with Crippen LogP contribution in [0.1, 0.15) is 25.7 Å². The van der Waals surface area contributed by atoms with E-state index in [-0.39, 0.29) is 18.6 Å². The molecule has 14 heavy (non-hydrogen) atoms. The summed E-state index contributed by atoms with van der Waals surface area (Å²) in [5.41, 5.74) is -0.333. The van der Waals surface area contributed by atoms with Crippen LogP contribution in [-0.2, 0) is 9.47 Å². The molecule has 0 spiro atoms. The van der Waals surface area contributed by atoms with Crippen LogP contribution in [0.5, 0.6) is 0 Å². The zero-order valence-electron chi connectivity index (χ0n) is 8.95. The normalized spacial score (nSPS) is 24.9. The molecule has 1 aliphatic carbocycles. The van der Waals surface area contributed by atoms with E-state index in [0.29, 0.717) is 0 Å². The van der Waals surface area contributed by atoms with Crippen molar-refractivity contribution in [3.8, 4) is 0 Å². The van der Waals surface area contributed by atoms with Crippen LogP contribution >= 0.6 is 0 Å². The highest BCUT2D eigenvalue weighted by molar-refractivity contribution is 4.88. The Morgan fingerprint density at radius 1 is 0.929 bits per heavy atom. The zero-order valence-corrected chi connectivity index (χ0v) is 8.95. The fourth-order valence-corrected chi connectivity index (χ4v) is 2.02. The van der Waals surface area contributed by atoms with E-state index in [2.05, 4.69) is 0 Å². The molecule has 1 fully saturated rings. The minimum absolute atomic E-state index is 0.0347. The third-order valence-corrected chi connectivity index (χ3v) is 3.49. The van der Waals surface area contributed by atoms with Crippen molar-refractivity contribution in [2.45, 2.75) is 31.5 Å². The van der Waals surface area contributed by atoms with Gasteiger partial charge in [0.05, 0.1) is 13.2 Å². The Balaban J connectivity index is 2.59. The van der Waals surface area contributed by atoms with Gasteiger partial charge in [-0.25, -0.2) is 0 Å². The summed E-state index contributed by atoms with van der Waals surface area (Å²) in [7, 11) is 3.27. The van der Waals surface area contributed by atoms with Crippen molar-refractivity contribution in [3.05, 3.63) is 0 Å². The van der Waals surface area contributed by atoms with Crippen molar-refractivity contribution in [3.63, 3.8) is 0 Å². The van der Waals surface area contributed by atoms with Gasteiger partial charge in [0.25, 0.3) is 0 Å². The molecule has 0 heterocycles. The van der Waals surface area contributed by atoms with Gasteiger partial charge in [0.15, 0.2) is 5.79 Å². The first kappa shape index (κ1) is 11.9. The molecule has 0 aromatic carbocycles. The van der Waals surface area contributed by atoms with Crippen LogP contribution < -0.4 is 0 Å². The van der Waals surface area contributed by atoms with E-state index in [1.165, 1.54) is 0 Å². The van der Waals surface area contributed by atoms with Gasteiger partial charge in [0.1, 0.15) is 0 Å². The molecule has 84 valence electrons. The first-order valence-electron chi connectivity index (χ1n) is 4.98. The maximum atomic E-state index is 9.22. The van der Waals surface area contributed by atoms with Crippen molar-refractivity contribution >= 4 is 0 Å². The van der Waals surface area contributed by atoms with Gasteiger partial charge in [-0.15, -0.1) is 0 Å². The lowest BCUT2D eigenvalue weighted by Crippen LogP contribution is -2.44. The molecule has 0 saturated heterocycles. The molecule has 1 saturated carbocycles. The van der Waals surface area contributed by atoms with Gasteiger partial charge < -0.3 is 19.7 Å². The summed E-state index contributed by atoms with van der Waals surface area (Å²) in [6, 6.07) is 0. The molecule has 0 aromatic heterocycles. The molecule has 1 rings (SSSR count). The van der Waals surface area contributed by atoms with E-state index in [1.807, 2.05) is 0 Å². The summed E-state index contributed by atoms with van der Waals surface area (Å²) in [4.78, 5) is 0. The van der Waals surface area contributed by atoms with Crippen LogP contribution in [0.4, 0.5) is 0 Å². The van der Waals surface area contributed by atoms with Gasteiger partial charge in [0.2, 0.25) is 0 Å². The molecule has 0 amide bonds. The van der Waals surface area contributed by atoms with Gasteiger partial charge in [0, 0.05) is 32.5 Å². The Morgan fingerprint density at radius 2 is 1.36 bits per heavy atom. The molecule has 0 bridgehead atoms. The molecule has 0 aliphatic heterocycles. The quantitative estimate of drug-likeness (QED) is 0.655. The van der Waals surface area contributed by atoms with Crippen LogP contribution in [0.3, 0.4) is 0 Å². The fraction of sp³-hybridized carbons (Fsp3) is 1.00. The first-order chi connectivity index (χ1) is 6.66. The van der Waals surface area contributed by atoms with E-state index in [9.17, 15) is 10.2 Å². The number of methoxy groups -OCH3 is 2. The largest absolute Gasteiger partial charge is 0.396 e. The van der Waals surface area contributed by atoms with Gasteiger partial charge in [-0.3, -0.25) is 0 Å². The molecule has 1 aliphatic rings. The standard InChI is InChI=1S/C10H20O4/c1-13-10(14-2)5-3-9(7-11,8-12)4-6-10/h11-12H,3-8H2,1-2H3. The summed E-state index contributed by atoms with van der Waals surface area (Å²) in [5.74, 6) is -0.506. The van der Waals surface area contributed by atoms with Crippen LogP contribution in [0.25, 0.3) is 0 Å². The van der Waals surface area contributed by atoms with E-state index in [0.717, 1.165) is 25.7 Å². The number of rotatable bonds is 4. The maximum absolute atomic E-state index is 9.22. The van der Waals surface area contributed by atoms with E-state index in [1.54, 1.807) is 14.2 Å². The molecule has 0 radical (unpaired) electrons. The Labute approximate surface area is 84.8 Å². The molecule has 0 atom stereocenters. The second-order valence-corrected chi connectivity index (χ2v) is 4.14. The van der Waals surface area contributed by atoms with Crippen molar-refractivity contribution < 1.29 is 19.7 Å². The van der Waals surface area contributed by atoms with E-state index in [4.69, 9.17) is 9.47 Å². The van der Waals surface area contributed by atoms with E-state index < -0.39 is 5.79 Å². The van der Waals surface area contributed by atoms with Crippen LogP contribution in [0, 0.1) is 5.41 Å². The monoisotopic (exact) mass is 204 g/mol. The summed E-state index contributed by atoms with van der Waals surface area (Å²) in [6.07, 6.45) is 2.92. The lowest BCUT2D eigenvalue weighted by Gasteiger charge is -2.43. The number of hydrogen-bond donors (Lipinski definition) is 2. The highest BCUT2D eigenvalue weighted by Crippen LogP contribution is 2.42. The summed E-state index contributed by atoms with van der Waals surface area (Å²) >= 11 is 0. The molecular formula is C10H20O4. The molecule has 2 N–H and O–H groups in total. The Kier molecular flexibility index (Phi) is 3.89. The van der Waals surface area contributed by atoms with Crippen LogP contribution in [-0.4, -0.2) is 43.4 Å². The number of aliphatic hydroxyl groups is 2. The summed E-state index contributed by atoms with van der Waals surface area (Å²) < 4.78 is 10.6. The highest BCUT2D eigenvalue weighted by atomic mass is 16.7. The maximum Gasteiger partial charge on any atom is 0.167 e. The van der Waals surface area contributed by atoms with Crippen LogP contribution in [0.15, 0.2) is 0 Å². The number of ether oxygens (including phenoxy) is 2. The lowest BCUT2D eigenvalue weighted by molar-refractivity contribution is -0.238. The van der Waals surface area contributed by atoms with Crippen molar-refractivity contribution in [1.82, 2.24) is 0 Å². The second kappa shape index (κ2) is 4.57. The highest BCUT2D eigenvalue weighted by Gasteiger charge is 2.42. The number of hydrogen-bond acceptors (Lipinski definition) is 4. The van der Waals surface area contributed by atoms with Gasteiger partial charge >= 0.3 is 0 Å². The fourth-order valence-electron chi connectivity index (χ4n) is 2.02. The average Bonchev–Trinajstić information content (AvgIpc) is 2.29.